The van der Waals surface area contributed by atoms with E-state index in [2.05, 4.69) is 34.3 Å². The van der Waals surface area contributed by atoms with E-state index in [1.807, 2.05) is 19.1 Å². The SMILES string of the molecule is CN=C(NCC(C)C(=O)OC)N1CCOC(c2ccccc2C)C1. The zero-order valence-corrected chi connectivity index (χ0v) is 14.9. The molecule has 2 rings (SSSR count). The summed E-state index contributed by atoms with van der Waals surface area (Å²) in [5.41, 5.74) is 2.44. The highest BCUT2D eigenvalue weighted by Gasteiger charge is 2.25. The molecule has 2 unspecified atom stereocenters. The van der Waals surface area contributed by atoms with E-state index in [0.717, 1.165) is 19.0 Å². The molecule has 1 aromatic rings. The number of guanidine groups is 1. The standard InChI is InChI=1S/C18H27N3O3/c1-13-7-5-6-8-15(13)16-12-21(9-10-24-16)18(19-3)20-11-14(2)17(22)23-4/h5-8,14,16H,9-12H2,1-4H3,(H,19,20). The van der Waals surface area contributed by atoms with Crippen LogP contribution in [0.25, 0.3) is 0 Å². The molecule has 0 bridgehead atoms. The summed E-state index contributed by atoms with van der Waals surface area (Å²) in [6.07, 6.45) is 0.0246. The first-order valence-corrected chi connectivity index (χ1v) is 8.27. The summed E-state index contributed by atoms with van der Waals surface area (Å²) in [6.45, 7) is 6.58. The summed E-state index contributed by atoms with van der Waals surface area (Å²) in [5, 5.41) is 3.26. The molecule has 132 valence electrons. The van der Waals surface area contributed by atoms with E-state index in [1.165, 1.54) is 18.2 Å². The first-order valence-electron chi connectivity index (χ1n) is 8.27. The molecule has 0 radical (unpaired) electrons. The van der Waals surface area contributed by atoms with E-state index in [0.29, 0.717) is 13.2 Å². The van der Waals surface area contributed by atoms with Gasteiger partial charge >= 0.3 is 5.97 Å². The van der Waals surface area contributed by atoms with Gasteiger partial charge < -0.3 is 19.7 Å². The van der Waals surface area contributed by atoms with Crippen LogP contribution in [0.5, 0.6) is 0 Å². The number of nitrogens with one attached hydrogen (secondary N) is 1. The number of hydrogen-bond donors (Lipinski definition) is 1. The number of benzene rings is 1. The Labute approximate surface area is 143 Å². The number of aliphatic imine (C=N–C) groups is 1. The summed E-state index contributed by atoms with van der Waals surface area (Å²) in [6, 6.07) is 8.28. The highest BCUT2D eigenvalue weighted by molar-refractivity contribution is 5.81. The van der Waals surface area contributed by atoms with Crippen LogP contribution in [0.2, 0.25) is 0 Å². The fraction of sp³-hybridized carbons (Fsp3) is 0.556. The Morgan fingerprint density at radius 3 is 2.92 bits per heavy atom. The molecule has 1 N–H and O–H groups in total. The van der Waals surface area contributed by atoms with E-state index in [1.54, 1.807) is 7.05 Å². The molecule has 6 nitrogen and oxygen atoms in total. The molecule has 0 aliphatic carbocycles. The van der Waals surface area contributed by atoms with Crippen molar-refractivity contribution >= 4 is 11.9 Å². The van der Waals surface area contributed by atoms with Gasteiger partial charge in [0.05, 0.1) is 26.2 Å². The van der Waals surface area contributed by atoms with E-state index in [9.17, 15) is 4.79 Å². The maximum atomic E-state index is 11.5. The Morgan fingerprint density at radius 2 is 2.25 bits per heavy atom. The summed E-state index contributed by atoms with van der Waals surface area (Å²) in [5.74, 6) is 0.338. The van der Waals surface area contributed by atoms with Gasteiger partial charge in [0.15, 0.2) is 5.96 Å². The van der Waals surface area contributed by atoms with Crippen LogP contribution in [-0.2, 0) is 14.3 Å². The van der Waals surface area contributed by atoms with Crippen molar-refractivity contribution in [3.8, 4) is 0 Å². The van der Waals surface area contributed by atoms with Crippen molar-refractivity contribution in [2.24, 2.45) is 10.9 Å². The van der Waals surface area contributed by atoms with Crippen LogP contribution in [-0.4, -0.2) is 57.2 Å². The van der Waals surface area contributed by atoms with Gasteiger partial charge in [0.1, 0.15) is 6.10 Å². The molecular weight excluding hydrogens is 306 g/mol. The number of rotatable bonds is 4. The first-order chi connectivity index (χ1) is 11.6. The van der Waals surface area contributed by atoms with Crippen molar-refractivity contribution in [2.75, 3.05) is 40.4 Å². The molecule has 0 saturated carbocycles. The number of hydrogen-bond acceptors (Lipinski definition) is 4. The third-order valence-corrected chi connectivity index (χ3v) is 4.28. The number of morpholine rings is 1. The van der Waals surface area contributed by atoms with Gasteiger partial charge in [-0.15, -0.1) is 0 Å². The van der Waals surface area contributed by atoms with Crippen molar-refractivity contribution < 1.29 is 14.3 Å². The highest BCUT2D eigenvalue weighted by atomic mass is 16.5. The summed E-state index contributed by atoms with van der Waals surface area (Å²) in [4.78, 5) is 18.0. The number of carbonyl (C=O) groups is 1. The monoisotopic (exact) mass is 333 g/mol. The lowest BCUT2D eigenvalue weighted by Gasteiger charge is -2.36. The van der Waals surface area contributed by atoms with Crippen molar-refractivity contribution in [3.05, 3.63) is 35.4 Å². The molecule has 1 saturated heterocycles. The Kier molecular flexibility index (Phi) is 6.61. The summed E-state index contributed by atoms with van der Waals surface area (Å²) >= 11 is 0. The van der Waals surface area contributed by atoms with Crippen molar-refractivity contribution in [2.45, 2.75) is 20.0 Å². The molecule has 0 spiro atoms. The molecule has 1 aliphatic rings. The molecule has 6 heteroatoms. The van der Waals surface area contributed by atoms with Crippen LogP contribution in [0.1, 0.15) is 24.2 Å². The number of methoxy groups -OCH3 is 1. The molecule has 24 heavy (non-hydrogen) atoms. The van der Waals surface area contributed by atoms with E-state index in [4.69, 9.17) is 9.47 Å². The average Bonchev–Trinajstić information content (AvgIpc) is 2.62. The zero-order chi connectivity index (χ0) is 17.5. The number of carbonyl (C=O) groups excluding carboxylic acids is 1. The Bertz CT molecular complexity index is 589. The first kappa shape index (κ1) is 18.3. The second kappa shape index (κ2) is 8.68. The molecule has 0 aromatic heterocycles. The minimum atomic E-state index is -0.224. The Morgan fingerprint density at radius 1 is 1.50 bits per heavy atom. The largest absolute Gasteiger partial charge is 0.469 e. The lowest BCUT2D eigenvalue weighted by atomic mass is 10.0. The predicted octanol–water partition coefficient (Wildman–Crippen LogP) is 1.75. The molecule has 0 amide bonds. The quantitative estimate of drug-likeness (QED) is 0.517. The molecule has 1 aliphatic heterocycles. The van der Waals surface area contributed by atoms with Crippen molar-refractivity contribution in [1.82, 2.24) is 10.2 Å². The predicted molar refractivity (Wildman–Crippen MR) is 94.0 cm³/mol. The van der Waals surface area contributed by atoms with Gasteiger partial charge in [0, 0.05) is 20.1 Å². The normalized spacial score (nSPS) is 19.8. The Balaban J connectivity index is 1.99. The lowest BCUT2D eigenvalue weighted by Crippen LogP contribution is -2.49. The second-order valence-electron chi connectivity index (χ2n) is 6.01. The molecule has 1 heterocycles. The third-order valence-electron chi connectivity index (χ3n) is 4.28. The molecular formula is C18H27N3O3. The van der Waals surface area contributed by atoms with Crippen molar-refractivity contribution in [1.29, 1.82) is 0 Å². The van der Waals surface area contributed by atoms with Gasteiger partial charge in [-0.3, -0.25) is 9.79 Å². The van der Waals surface area contributed by atoms with Crippen LogP contribution in [0.15, 0.2) is 29.3 Å². The number of ether oxygens (including phenoxy) is 2. The zero-order valence-electron chi connectivity index (χ0n) is 14.9. The third kappa shape index (κ3) is 4.47. The van der Waals surface area contributed by atoms with Gasteiger partial charge in [-0.25, -0.2) is 0 Å². The van der Waals surface area contributed by atoms with Gasteiger partial charge in [0.25, 0.3) is 0 Å². The summed E-state index contributed by atoms with van der Waals surface area (Å²) < 4.78 is 10.7. The smallest absolute Gasteiger partial charge is 0.310 e. The maximum absolute atomic E-state index is 11.5. The number of aryl methyl sites for hydroxylation is 1. The minimum absolute atomic E-state index is 0.0246. The lowest BCUT2D eigenvalue weighted by molar-refractivity contribution is -0.144. The van der Waals surface area contributed by atoms with Gasteiger partial charge in [-0.05, 0) is 18.1 Å². The average molecular weight is 333 g/mol. The van der Waals surface area contributed by atoms with E-state index >= 15 is 0 Å². The fourth-order valence-corrected chi connectivity index (χ4v) is 2.84. The van der Waals surface area contributed by atoms with Crippen LogP contribution in [0.4, 0.5) is 0 Å². The van der Waals surface area contributed by atoms with Gasteiger partial charge in [0.2, 0.25) is 0 Å². The Hall–Kier alpha value is -2.08. The number of nitrogens with zero attached hydrogens (tertiary/aromatic N) is 2. The topological polar surface area (TPSA) is 63.2 Å². The highest BCUT2D eigenvalue weighted by Crippen LogP contribution is 2.24. The second-order valence-corrected chi connectivity index (χ2v) is 6.01. The molecule has 2 atom stereocenters. The van der Waals surface area contributed by atoms with Crippen LogP contribution >= 0.6 is 0 Å². The minimum Gasteiger partial charge on any atom is -0.469 e. The maximum Gasteiger partial charge on any atom is 0.310 e. The fourth-order valence-electron chi connectivity index (χ4n) is 2.84. The van der Waals surface area contributed by atoms with E-state index < -0.39 is 0 Å². The van der Waals surface area contributed by atoms with Crippen LogP contribution in [0, 0.1) is 12.8 Å². The molecule has 1 fully saturated rings. The van der Waals surface area contributed by atoms with Crippen LogP contribution < -0.4 is 5.32 Å². The number of esters is 1. The van der Waals surface area contributed by atoms with Gasteiger partial charge in [-0.2, -0.15) is 0 Å². The van der Waals surface area contributed by atoms with Crippen molar-refractivity contribution in [3.63, 3.8) is 0 Å². The van der Waals surface area contributed by atoms with Crippen LogP contribution in [0.3, 0.4) is 0 Å². The molecule has 1 aromatic carbocycles. The summed E-state index contributed by atoms with van der Waals surface area (Å²) in [7, 11) is 3.16. The van der Waals surface area contributed by atoms with Gasteiger partial charge in [-0.1, -0.05) is 31.2 Å². The van der Waals surface area contributed by atoms with E-state index in [-0.39, 0.29) is 18.0 Å².